The molecular formula is C33H25N9O10S3. The number of thiazole rings is 1. The molecular weight excluding hydrogens is 779 g/mol. The second-order valence-electron chi connectivity index (χ2n) is 11.1. The van der Waals surface area contributed by atoms with E-state index in [1.165, 1.54) is 55.6 Å². The summed E-state index contributed by atoms with van der Waals surface area (Å²) in [6.45, 7) is 0. The summed E-state index contributed by atoms with van der Waals surface area (Å²) in [5.41, 5.74) is -1.17. The molecule has 6 rings (SSSR count). The summed E-state index contributed by atoms with van der Waals surface area (Å²) in [7, 11) is -6.87. The first kappa shape index (κ1) is 37.7. The number of rotatable bonds is 14. The van der Waals surface area contributed by atoms with Crippen LogP contribution in [0, 0.1) is 20.2 Å². The molecule has 2 aromatic heterocycles. The molecule has 4 aromatic carbocycles. The van der Waals surface area contributed by atoms with Crippen LogP contribution >= 0.6 is 11.3 Å². The fourth-order valence-corrected chi connectivity index (χ4v) is 7.83. The lowest BCUT2D eigenvalue weighted by Crippen LogP contribution is -2.15. The van der Waals surface area contributed by atoms with Crippen LogP contribution in [-0.2, 0) is 20.0 Å². The van der Waals surface area contributed by atoms with E-state index in [4.69, 9.17) is 4.74 Å². The molecule has 0 aliphatic carbocycles. The van der Waals surface area contributed by atoms with Crippen molar-refractivity contribution < 1.29 is 36.2 Å². The van der Waals surface area contributed by atoms with Crippen LogP contribution in [0.1, 0.15) is 10.4 Å². The normalized spacial score (nSPS) is 11.3. The van der Waals surface area contributed by atoms with Crippen LogP contribution in [0.25, 0.3) is 11.3 Å². The first-order valence-corrected chi connectivity index (χ1v) is 19.3. The maximum Gasteiger partial charge on any atom is 0.300 e. The number of sulfonamides is 2. The quantitative estimate of drug-likeness (QED) is 0.0724. The molecule has 0 saturated heterocycles. The highest BCUT2D eigenvalue weighted by Gasteiger charge is 2.29. The zero-order chi connectivity index (χ0) is 39.3. The summed E-state index contributed by atoms with van der Waals surface area (Å²) in [4.78, 5) is 39.4. The van der Waals surface area contributed by atoms with Gasteiger partial charge in [-0.15, -0.1) is 21.5 Å². The van der Waals surface area contributed by atoms with Crippen LogP contribution in [0.3, 0.4) is 0 Å². The second kappa shape index (κ2) is 15.5. The lowest BCUT2D eigenvalue weighted by Gasteiger charge is -2.12. The van der Waals surface area contributed by atoms with Crippen LogP contribution in [-0.4, -0.2) is 54.9 Å². The Labute approximate surface area is 315 Å². The number of nitrogens with zero attached hydrogens (tertiary/aromatic N) is 5. The largest absolute Gasteiger partial charge is 0.480 e. The van der Waals surface area contributed by atoms with Gasteiger partial charge in [0.2, 0.25) is 5.88 Å². The summed E-state index contributed by atoms with van der Waals surface area (Å²) in [6.07, 6.45) is 0. The molecule has 0 unspecified atom stereocenters. The highest BCUT2D eigenvalue weighted by molar-refractivity contribution is 7.93. The van der Waals surface area contributed by atoms with Gasteiger partial charge in [0, 0.05) is 40.5 Å². The number of amides is 1. The number of nitrogens with one attached hydrogen (secondary N) is 4. The Bertz CT molecular complexity index is 2590. The number of carbonyl (C=O) groups is 1. The van der Waals surface area contributed by atoms with Crippen molar-refractivity contribution in [1.29, 1.82) is 0 Å². The van der Waals surface area contributed by atoms with Gasteiger partial charge >= 0.3 is 11.4 Å². The monoisotopic (exact) mass is 803 g/mol. The molecule has 4 N–H and O–H groups in total. The molecule has 0 aliphatic heterocycles. The summed E-state index contributed by atoms with van der Waals surface area (Å²) < 4.78 is 61.2. The first-order chi connectivity index (χ1) is 26.2. The molecule has 1 amide bonds. The van der Waals surface area contributed by atoms with Crippen molar-refractivity contribution in [2.45, 2.75) is 9.79 Å². The minimum atomic E-state index is -4.15. The third kappa shape index (κ3) is 8.78. The predicted octanol–water partition coefficient (Wildman–Crippen LogP) is 6.02. The Hall–Kier alpha value is -7.04. The van der Waals surface area contributed by atoms with Crippen molar-refractivity contribution >= 4 is 76.7 Å². The van der Waals surface area contributed by atoms with Crippen LogP contribution in [0.4, 0.5) is 39.4 Å². The number of methoxy groups -OCH3 is 1. The first-order valence-electron chi connectivity index (χ1n) is 15.4. The number of hydrogen-bond acceptors (Lipinski definition) is 15. The van der Waals surface area contributed by atoms with E-state index in [2.05, 4.69) is 35.3 Å². The van der Waals surface area contributed by atoms with Gasteiger partial charge < -0.3 is 15.4 Å². The molecule has 0 atom stereocenters. The van der Waals surface area contributed by atoms with Crippen LogP contribution in [0.2, 0.25) is 0 Å². The molecule has 0 aliphatic rings. The molecule has 0 fully saturated rings. The van der Waals surface area contributed by atoms with Gasteiger partial charge in [-0.05, 0) is 54.6 Å². The zero-order valence-corrected chi connectivity index (χ0v) is 30.4. The average Bonchev–Trinajstić information content (AvgIpc) is 3.63. The van der Waals surface area contributed by atoms with Crippen molar-refractivity contribution in [3.05, 3.63) is 134 Å². The van der Waals surface area contributed by atoms with Gasteiger partial charge in [-0.3, -0.25) is 34.5 Å². The van der Waals surface area contributed by atoms with E-state index >= 15 is 0 Å². The van der Waals surface area contributed by atoms with Gasteiger partial charge in [0.15, 0.2) is 16.6 Å². The van der Waals surface area contributed by atoms with Crippen LogP contribution in [0.15, 0.2) is 118 Å². The van der Waals surface area contributed by atoms with Crippen LogP contribution < -0.4 is 24.8 Å². The highest BCUT2D eigenvalue weighted by Crippen LogP contribution is 2.38. The number of nitro groups is 2. The molecule has 55 heavy (non-hydrogen) atoms. The van der Waals surface area contributed by atoms with Crippen molar-refractivity contribution in [1.82, 2.24) is 15.2 Å². The van der Waals surface area contributed by atoms with E-state index in [9.17, 15) is 41.9 Å². The number of anilines is 5. The molecule has 2 heterocycles. The summed E-state index contributed by atoms with van der Waals surface area (Å²) >= 11 is 1.10. The topological polar surface area (TPSA) is 268 Å². The Morgan fingerprint density at radius 2 is 1.33 bits per heavy atom. The van der Waals surface area contributed by atoms with Gasteiger partial charge in [-0.1, -0.05) is 30.3 Å². The Balaban J connectivity index is 1.16. The van der Waals surface area contributed by atoms with E-state index in [0.717, 1.165) is 41.2 Å². The number of hydrogen-bond donors (Lipinski definition) is 4. The molecule has 6 aromatic rings. The molecule has 0 spiro atoms. The SMILES string of the molecule is COc1ccc(NS(=O)(=O)c2ccc(Nc3c([N+](=O)[O-])cc(C(=O)Nc4ccc(S(=O)(=O)Nc5nc(-c6ccccc6)cs5)cc4)cc3[N+](=O)[O-])cc2)nn1. The molecule has 280 valence electrons. The maximum absolute atomic E-state index is 13.2. The second-order valence-corrected chi connectivity index (χ2v) is 15.3. The van der Waals surface area contributed by atoms with Gasteiger partial charge in [-0.25, -0.2) is 21.8 Å². The third-order valence-electron chi connectivity index (χ3n) is 7.49. The number of aromatic nitrogens is 3. The highest BCUT2D eigenvalue weighted by atomic mass is 32.2. The van der Waals surface area contributed by atoms with E-state index in [1.54, 1.807) is 5.38 Å². The fraction of sp³-hybridized carbons (Fsp3) is 0.0303. The average molecular weight is 804 g/mol. The maximum atomic E-state index is 13.2. The third-order valence-corrected chi connectivity index (χ3v) is 11.1. The number of benzene rings is 4. The van der Waals surface area contributed by atoms with E-state index in [0.29, 0.717) is 5.69 Å². The fourth-order valence-electron chi connectivity index (χ4n) is 4.86. The molecule has 0 radical (unpaired) electrons. The van der Waals surface area contributed by atoms with Gasteiger partial charge in [0.1, 0.15) is 0 Å². The molecule has 19 nitrogen and oxygen atoms in total. The van der Waals surface area contributed by atoms with Gasteiger partial charge in [-0.2, -0.15) is 0 Å². The van der Waals surface area contributed by atoms with E-state index in [-0.39, 0.29) is 38.0 Å². The lowest BCUT2D eigenvalue weighted by atomic mass is 10.1. The molecule has 0 saturated carbocycles. The summed E-state index contributed by atoms with van der Waals surface area (Å²) in [5.74, 6) is -0.900. The van der Waals surface area contributed by atoms with Gasteiger partial charge in [0.25, 0.3) is 26.0 Å². The van der Waals surface area contributed by atoms with Crippen molar-refractivity contribution in [3.63, 3.8) is 0 Å². The smallest absolute Gasteiger partial charge is 0.300 e. The minimum Gasteiger partial charge on any atom is -0.480 e. The lowest BCUT2D eigenvalue weighted by molar-refractivity contribution is -0.392. The minimum absolute atomic E-state index is 0.0441. The number of carbonyl (C=O) groups excluding carboxylic acids is 1. The van der Waals surface area contributed by atoms with Crippen molar-refractivity contribution in [2.24, 2.45) is 0 Å². The Kier molecular flexibility index (Phi) is 10.6. The molecule has 22 heteroatoms. The molecule has 0 bridgehead atoms. The summed E-state index contributed by atoms with van der Waals surface area (Å²) in [6, 6.07) is 23.2. The van der Waals surface area contributed by atoms with Crippen molar-refractivity contribution in [3.8, 4) is 17.1 Å². The van der Waals surface area contributed by atoms with E-state index in [1.807, 2.05) is 30.3 Å². The van der Waals surface area contributed by atoms with Crippen LogP contribution in [0.5, 0.6) is 5.88 Å². The zero-order valence-electron chi connectivity index (χ0n) is 27.9. The summed E-state index contributed by atoms with van der Waals surface area (Å²) in [5, 5.41) is 38.4. The Morgan fingerprint density at radius 1 is 0.745 bits per heavy atom. The Morgan fingerprint density at radius 3 is 1.87 bits per heavy atom. The van der Waals surface area contributed by atoms with Gasteiger partial charge in [0.05, 0.1) is 38.0 Å². The number of nitro benzene ring substituents is 2. The number of ether oxygens (including phenoxy) is 1. The standard InChI is InChI=1S/C33H25N9O10S3/c1-52-30-16-15-29(37-38-30)39-54(48,49)24-11-7-22(8-12-24)34-31-27(41(44)45)17-21(18-28(31)42(46)47)32(43)35-23-9-13-25(14-10-23)55(50,51)40-33-36-26(19-53-33)20-5-3-2-4-6-20/h2-19,34H,1H3,(H,35,43)(H,36,40)(H,37,39). The van der Waals surface area contributed by atoms with Crippen molar-refractivity contribution in [2.75, 3.05) is 27.2 Å². The van der Waals surface area contributed by atoms with E-state index < -0.39 is 58.4 Å². The predicted molar refractivity (Wildman–Crippen MR) is 202 cm³/mol.